The Morgan fingerprint density at radius 1 is 1.64 bits per heavy atom. The van der Waals surface area contributed by atoms with Crippen molar-refractivity contribution in [2.75, 3.05) is 13.2 Å². The highest BCUT2D eigenvalue weighted by Crippen LogP contribution is 2.26. The number of thiophene rings is 1. The van der Waals surface area contributed by atoms with Gasteiger partial charge in [0.1, 0.15) is 0 Å². The molecule has 0 atom stereocenters. The van der Waals surface area contributed by atoms with Gasteiger partial charge in [0.2, 0.25) is 0 Å². The molecule has 2 heterocycles. The topological polar surface area (TPSA) is 75.1 Å². The minimum atomic E-state index is -0.184. The van der Waals surface area contributed by atoms with Crippen LogP contribution in [0.2, 0.25) is 0 Å². The normalized spacial score (nSPS) is 10.6. The Bertz CT molecular complexity index is 450. The summed E-state index contributed by atoms with van der Waals surface area (Å²) in [5.41, 5.74) is 0.591. The number of carbonyl (C=O) groups excluding carboxylic acids is 1. The van der Waals surface area contributed by atoms with Crippen molar-refractivity contribution in [1.82, 2.24) is 14.9 Å². The first-order chi connectivity index (χ1) is 6.83. The van der Waals surface area contributed by atoms with Crippen molar-refractivity contribution in [3.8, 4) is 0 Å². The molecular formula is C7H7N3O2S2. The van der Waals surface area contributed by atoms with Crippen LogP contribution in [0.4, 0.5) is 0 Å². The summed E-state index contributed by atoms with van der Waals surface area (Å²) in [6.45, 7) is 0.211. The second-order valence-corrected chi connectivity index (χ2v) is 4.15. The fourth-order valence-electron chi connectivity index (χ4n) is 1.01. The molecule has 0 unspecified atom stereocenters. The van der Waals surface area contributed by atoms with Crippen molar-refractivity contribution in [3.05, 3.63) is 10.9 Å². The van der Waals surface area contributed by atoms with E-state index in [1.807, 2.05) is 0 Å². The van der Waals surface area contributed by atoms with Crippen LogP contribution in [0.3, 0.4) is 0 Å². The van der Waals surface area contributed by atoms with E-state index in [1.165, 1.54) is 22.9 Å². The van der Waals surface area contributed by atoms with Gasteiger partial charge in [0.15, 0.2) is 4.83 Å². The maximum Gasteiger partial charge on any atom is 0.253 e. The minimum Gasteiger partial charge on any atom is -0.395 e. The van der Waals surface area contributed by atoms with Gasteiger partial charge in [0.05, 0.1) is 16.9 Å². The third kappa shape index (κ3) is 1.61. The van der Waals surface area contributed by atoms with Crippen LogP contribution < -0.4 is 5.32 Å². The quantitative estimate of drug-likeness (QED) is 0.802. The van der Waals surface area contributed by atoms with Gasteiger partial charge in [0.25, 0.3) is 5.91 Å². The Hall–Kier alpha value is -1.05. The van der Waals surface area contributed by atoms with Crippen LogP contribution in [0.25, 0.3) is 9.53 Å². The number of rotatable bonds is 3. The van der Waals surface area contributed by atoms with Gasteiger partial charge in [-0.3, -0.25) is 4.79 Å². The summed E-state index contributed by atoms with van der Waals surface area (Å²) in [6.07, 6.45) is 0. The monoisotopic (exact) mass is 229 g/mol. The first-order valence-electron chi connectivity index (χ1n) is 3.91. The van der Waals surface area contributed by atoms with Crippen molar-refractivity contribution < 1.29 is 9.90 Å². The van der Waals surface area contributed by atoms with E-state index in [2.05, 4.69) is 14.9 Å². The Morgan fingerprint density at radius 2 is 2.50 bits per heavy atom. The van der Waals surface area contributed by atoms with Crippen molar-refractivity contribution in [1.29, 1.82) is 0 Å². The second kappa shape index (κ2) is 3.99. The van der Waals surface area contributed by atoms with E-state index in [4.69, 9.17) is 5.11 Å². The largest absolute Gasteiger partial charge is 0.395 e. The summed E-state index contributed by atoms with van der Waals surface area (Å²) in [5, 5.41) is 16.7. The van der Waals surface area contributed by atoms with Crippen LogP contribution in [-0.2, 0) is 0 Å². The number of nitrogens with one attached hydrogen (secondary N) is 1. The molecule has 0 aliphatic rings. The van der Waals surface area contributed by atoms with E-state index in [0.717, 1.165) is 9.53 Å². The molecule has 2 aromatic heterocycles. The van der Waals surface area contributed by atoms with Gasteiger partial charge in [-0.1, -0.05) is 4.49 Å². The molecule has 0 fully saturated rings. The van der Waals surface area contributed by atoms with Gasteiger partial charge in [-0.25, -0.2) is 0 Å². The number of carbonyl (C=O) groups is 1. The number of hydrogen-bond acceptors (Lipinski definition) is 6. The molecule has 0 radical (unpaired) electrons. The zero-order valence-electron chi connectivity index (χ0n) is 7.06. The number of aliphatic hydroxyl groups excluding tert-OH is 1. The molecular weight excluding hydrogens is 222 g/mol. The third-order valence-corrected chi connectivity index (χ3v) is 3.38. The average Bonchev–Trinajstić information content (AvgIpc) is 2.74. The van der Waals surface area contributed by atoms with Crippen molar-refractivity contribution in [3.63, 3.8) is 0 Å². The molecule has 0 saturated heterocycles. The van der Waals surface area contributed by atoms with E-state index >= 15 is 0 Å². The van der Waals surface area contributed by atoms with E-state index in [-0.39, 0.29) is 19.1 Å². The zero-order valence-corrected chi connectivity index (χ0v) is 8.69. The molecule has 2 rings (SSSR count). The summed E-state index contributed by atoms with van der Waals surface area (Å²) in [5.74, 6) is -0.184. The SMILES string of the molecule is O=C(NCCO)c1csc2nnsc12. The number of hydrogen-bond donors (Lipinski definition) is 2. The molecule has 0 aliphatic heterocycles. The molecule has 1 amide bonds. The van der Waals surface area contributed by atoms with Crippen LogP contribution >= 0.6 is 22.9 Å². The third-order valence-electron chi connectivity index (χ3n) is 1.63. The summed E-state index contributed by atoms with van der Waals surface area (Å²) >= 11 is 2.60. The lowest BCUT2D eigenvalue weighted by molar-refractivity contribution is 0.0947. The molecule has 14 heavy (non-hydrogen) atoms. The van der Waals surface area contributed by atoms with Gasteiger partial charge >= 0.3 is 0 Å². The fraction of sp³-hybridized carbons (Fsp3) is 0.286. The molecule has 0 bridgehead atoms. The van der Waals surface area contributed by atoms with E-state index in [9.17, 15) is 4.79 Å². The van der Waals surface area contributed by atoms with E-state index < -0.39 is 0 Å². The Kier molecular flexibility index (Phi) is 2.71. The highest BCUT2D eigenvalue weighted by molar-refractivity contribution is 7.24. The van der Waals surface area contributed by atoms with Gasteiger partial charge in [-0.2, -0.15) is 0 Å². The number of aliphatic hydroxyl groups is 1. The van der Waals surface area contributed by atoms with Crippen LogP contribution in [0.1, 0.15) is 10.4 Å². The lowest BCUT2D eigenvalue weighted by atomic mass is 10.3. The van der Waals surface area contributed by atoms with Crippen LogP contribution in [0.15, 0.2) is 5.38 Å². The predicted molar refractivity (Wildman–Crippen MR) is 54.7 cm³/mol. The minimum absolute atomic E-state index is 0.0556. The average molecular weight is 229 g/mol. The summed E-state index contributed by atoms with van der Waals surface area (Å²) < 4.78 is 4.57. The second-order valence-electron chi connectivity index (χ2n) is 2.54. The zero-order chi connectivity index (χ0) is 9.97. The molecule has 0 aromatic carbocycles. The number of amides is 1. The van der Waals surface area contributed by atoms with Crippen molar-refractivity contribution in [2.45, 2.75) is 0 Å². The molecule has 0 aliphatic carbocycles. The first kappa shape index (κ1) is 9.50. The first-order valence-corrected chi connectivity index (χ1v) is 5.57. The lowest BCUT2D eigenvalue weighted by Crippen LogP contribution is -2.25. The van der Waals surface area contributed by atoms with E-state index in [1.54, 1.807) is 5.38 Å². The highest BCUT2D eigenvalue weighted by atomic mass is 32.1. The maximum atomic E-state index is 11.5. The van der Waals surface area contributed by atoms with Crippen LogP contribution in [-0.4, -0.2) is 33.8 Å². The van der Waals surface area contributed by atoms with Crippen molar-refractivity contribution in [2.24, 2.45) is 0 Å². The molecule has 2 N–H and O–H groups in total. The van der Waals surface area contributed by atoms with Crippen molar-refractivity contribution >= 4 is 38.3 Å². The predicted octanol–water partition coefficient (Wildman–Crippen LogP) is 0.475. The Morgan fingerprint density at radius 3 is 3.29 bits per heavy atom. The summed E-state index contributed by atoms with van der Waals surface area (Å²) in [7, 11) is 0. The smallest absolute Gasteiger partial charge is 0.253 e. The summed E-state index contributed by atoms with van der Waals surface area (Å²) in [6, 6.07) is 0. The molecule has 0 saturated carbocycles. The standard InChI is InChI=1S/C7H7N3O2S2/c11-2-1-8-6(12)4-3-13-7-5(4)14-10-9-7/h3,11H,1-2H2,(H,8,12). The molecule has 0 spiro atoms. The summed E-state index contributed by atoms with van der Waals surface area (Å²) in [4.78, 5) is 12.3. The number of nitrogens with zero attached hydrogens (tertiary/aromatic N) is 2. The molecule has 7 heteroatoms. The Labute approximate surface area is 87.5 Å². The molecule has 74 valence electrons. The Balaban J connectivity index is 2.25. The van der Waals surface area contributed by atoms with Gasteiger partial charge in [-0.05, 0) is 11.5 Å². The maximum absolute atomic E-state index is 11.5. The number of aromatic nitrogens is 2. The molecule has 2 aromatic rings. The van der Waals surface area contributed by atoms with E-state index in [0.29, 0.717) is 5.56 Å². The van der Waals surface area contributed by atoms with Gasteiger partial charge in [-0.15, -0.1) is 16.4 Å². The van der Waals surface area contributed by atoms with Gasteiger partial charge in [0, 0.05) is 11.9 Å². The molecule has 5 nitrogen and oxygen atoms in total. The van der Waals surface area contributed by atoms with Crippen LogP contribution in [0.5, 0.6) is 0 Å². The highest BCUT2D eigenvalue weighted by Gasteiger charge is 2.14. The van der Waals surface area contributed by atoms with Crippen LogP contribution in [0, 0.1) is 0 Å². The fourth-order valence-corrected chi connectivity index (χ4v) is 2.73. The lowest BCUT2D eigenvalue weighted by Gasteiger charge is -1.99. The van der Waals surface area contributed by atoms with Gasteiger partial charge < -0.3 is 10.4 Å². The number of fused-ring (bicyclic) bond motifs is 1.